The summed E-state index contributed by atoms with van der Waals surface area (Å²) in [4.78, 5) is 0. The van der Waals surface area contributed by atoms with Crippen molar-refractivity contribution >= 4 is 44.4 Å². The van der Waals surface area contributed by atoms with Crippen molar-refractivity contribution in [2.75, 3.05) is 0 Å². The zero-order valence-corrected chi connectivity index (χ0v) is 21.8. The van der Waals surface area contributed by atoms with Gasteiger partial charge in [-0.2, -0.15) is 0 Å². The molecule has 3 N–H and O–H groups in total. The maximum absolute atomic E-state index is 5.10. The van der Waals surface area contributed by atoms with E-state index in [1.165, 1.54) is 83.5 Å². The van der Waals surface area contributed by atoms with Crippen LogP contribution in [0, 0.1) is 5.92 Å². The zero-order chi connectivity index (χ0) is 19.8. The van der Waals surface area contributed by atoms with Crippen LogP contribution < -0.4 is 5.73 Å². The molecule has 1 unspecified atom stereocenters. The van der Waals surface area contributed by atoms with Crippen LogP contribution in [0.5, 0.6) is 0 Å². The summed E-state index contributed by atoms with van der Waals surface area (Å²) in [5.74, 6) is 0.755. The summed E-state index contributed by atoms with van der Waals surface area (Å²) in [6.45, 7) is 9.17. The van der Waals surface area contributed by atoms with E-state index in [9.17, 15) is 0 Å². The summed E-state index contributed by atoms with van der Waals surface area (Å²) in [6.07, 6.45) is 18.7. The molecule has 0 aromatic carbocycles. The fourth-order valence-corrected chi connectivity index (χ4v) is 2.68. The maximum atomic E-state index is 5.10. The number of halogens is 4. The average Bonchev–Trinajstić information content (AvgIpc) is 2.45. The first-order valence-corrected chi connectivity index (χ1v) is 17.2. The van der Waals surface area contributed by atoms with E-state index >= 15 is 0 Å². The molecular weight excluding hydrogens is 484 g/mol. The Hall–Kier alpha value is 1.83. The molecule has 0 aromatic heterocycles. The molecule has 0 aromatic rings. The van der Waals surface area contributed by atoms with E-state index in [-0.39, 0.29) is 5.54 Å². The van der Waals surface area contributed by atoms with Crippen LogP contribution in [0.3, 0.4) is 0 Å². The molecule has 0 aliphatic carbocycles. The van der Waals surface area contributed by atoms with E-state index in [1.807, 2.05) is 0 Å². The minimum atomic E-state index is -2.27. The first-order valence-electron chi connectivity index (χ1n) is 9.87. The van der Waals surface area contributed by atoms with Gasteiger partial charge in [0.05, 0.1) is 5.54 Å². The van der Waals surface area contributed by atoms with Crippen molar-refractivity contribution < 1.29 is 14.0 Å². The first-order chi connectivity index (χ1) is 11.5. The van der Waals surface area contributed by atoms with Gasteiger partial charge in [-0.05, 0) is 20.3 Å². The molecule has 6 heteroatoms. The van der Waals surface area contributed by atoms with E-state index in [4.69, 9.17) is 30.3 Å². The SMILES string of the molecule is CCCCCCCCCCCCCCC(C)C(C)(C)[NH3+].[Cl][Fe-]([Cl])([Cl])[Br]. The second kappa shape index (κ2) is 17.9. The van der Waals surface area contributed by atoms with Crippen LogP contribution in [0.25, 0.3) is 0 Å². The number of rotatable bonds is 14. The number of hydrogen-bond acceptors (Lipinski definition) is 0. The summed E-state index contributed by atoms with van der Waals surface area (Å²) < 4.78 is 0. The first kappa shape index (κ1) is 29.0. The molecule has 0 saturated heterocycles. The average molecular weight is 527 g/mol. The molecule has 0 spiro atoms. The molecule has 1 nitrogen and oxygen atoms in total. The van der Waals surface area contributed by atoms with Gasteiger partial charge in [0, 0.05) is 5.92 Å². The van der Waals surface area contributed by atoms with Crippen LogP contribution in [0.2, 0.25) is 0 Å². The second-order valence-corrected chi connectivity index (χ2v) is 22.9. The molecule has 1 atom stereocenters. The molecule has 25 heavy (non-hydrogen) atoms. The quantitative estimate of drug-likeness (QED) is 0.173. The third-order valence-electron chi connectivity index (χ3n) is 4.82. The second-order valence-electron chi connectivity index (χ2n) is 7.87. The van der Waals surface area contributed by atoms with E-state index in [2.05, 4.69) is 47.5 Å². The van der Waals surface area contributed by atoms with Crippen molar-refractivity contribution in [3.8, 4) is 0 Å². The van der Waals surface area contributed by atoms with E-state index < -0.39 is 8.30 Å². The van der Waals surface area contributed by atoms with Crippen LogP contribution in [0.15, 0.2) is 0 Å². The van der Waals surface area contributed by atoms with Crippen molar-refractivity contribution in [3.05, 3.63) is 0 Å². The fourth-order valence-electron chi connectivity index (χ4n) is 2.68. The van der Waals surface area contributed by atoms with Crippen LogP contribution >= 0.6 is 44.4 Å². The molecule has 0 rings (SSSR count). The standard InChI is InChI=1S/C19H41N.BrH.3ClH.Fe/c1-5-6-7-8-9-10-11-12-13-14-15-16-17-18(2)19(3,4)20;;;;;/h18H,5-17,20H2,1-4H3;4*1H;/q;;;;;+3/p-3. The van der Waals surface area contributed by atoms with Gasteiger partial charge in [-0.3, -0.25) is 0 Å². The summed E-state index contributed by atoms with van der Waals surface area (Å²) in [5.41, 5.74) is 4.49. The molecular formula is C19H42BrCl3FeN. The van der Waals surface area contributed by atoms with Gasteiger partial charge < -0.3 is 5.73 Å². The fraction of sp³-hybridized carbons (Fsp3) is 1.00. The van der Waals surface area contributed by atoms with Gasteiger partial charge in [0.2, 0.25) is 0 Å². The predicted molar refractivity (Wildman–Crippen MR) is 118 cm³/mol. The third kappa shape index (κ3) is 30.8. The summed E-state index contributed by atoms with van der Waals surface area (Å²) in [5, 5.41) is 0. The van der Waals surface area contributed by atoms with Gasteiger partial charge >= 0.3 is 52.7 Å². The number of quaternary nitrogens is 1. The van der Waals surface area contributed by atoms with Gasteiger partial charge in [0.25, 0.3) is 0 Å². The van der Waals surface area contributed by atoms with Crippen LogP contribution in [0.4, 0.5) is 0 Å². The summed E-state index contributed by atoms with van der Waals surface area (Å²) in [6, 6.07) is 0. The van der Waals surface area contributed by atoms with Crippen LogP contribution in [0.1, 0.15) is 111 Å². The minimum absolute atomic E-state index is 0.248. The number of hydrogen-bond donors (Lipinski definition) is 1. The van der Waals surface area contributed by atoms with Gasteiger partial charge in [0.1, 0.15) is 0 Å². The van der Waals surface area contributed by atoms with Crippen molar-refractivity contribution in [1.29, 1.82) is 0 Å². The predicted octanol–water partition coefficient (Wildman–Crippen LogP) is 8.65. The Labute approximate surface area is 180 Å². The van der Waals surface area contributed by atoms with Crippen LogP contribution in [-0.2, 0) is 8.30 Å². The Morgan fingerprint density at radius 1 is 0.800 bits per heavy atom. The van der Waals surface area contributed by atoms with Gasteiger partial charge in [-0.25, -0.2) is 0 Å². The van der Waals surface area contributed by atoms with Gasteiger partial charge in [-0.1, -0.05) is 90.9 Å². The summed E-state index contributed by atoms with van der Waals surface area (Å²) >= 11 is 2.80. The van der Waals surface area contributed by atoms with Crippen molar-refractivity contribution in [3.63, 3.8) is 0 Å². The van der Waals surface area contributed by atoms with E-state index in [1.54, 1.807) is 0 Å². The van der Waals surface area contributed by atoms with E-state index in [0.29, 0.717) is 0 Å². The molecule has 0 aliphatic heterocycles. The molecule has 0 fully saturated rings. The monoisotopic (exact) mass is 524 g/mol. The Morgan fingerprint density at radius 3 is 1.36 bits per heavy atom. The zero-order valence-electron chi connectivity index (χ0n) is 16.8. The van der Waals surface area contributed by atoms with Gasteiger partial charge in [-0.15, -0.1) is 0 Å². The Balaban J connectivity index is 0. The van der Waals surface area contributed by atoms with Gasteiger partial charge in [0.15, 0.2) is 0 Å². The topological polar surface area (TPSA) is 27.6 Å². The Morgan fingerprint density at radius 2 is 1.08 bits per heavy atom. The van der Waals surface area contributed by atoms with Crippen molar-refractivity contribution in [2.45, 2.75) is 117 Å². The molecule has 0 bridgehead atoms. The van der Waals surface area contributed by atoms with Crippen molar-refractivity contribution in [2.24, 2.45) is 5.92 Å². The molecule has 159 valence electrons. The Kier molecular flexibility index (Phi) is 20.8. The normalized spacial score (nSPS) is 14.0. The van der Waals surface area contributed by atoms with E-state index in [0.717, 1.165) is 5.92 Å². The molecule has 0 heterocycles. The molecule has 0 amide bonds. The van der Waals surface area contributed by atoms with Crippen molar-refractivity contribution in [1.82, 2.24) is 0 Å². The molecule has 0 saturated carbocycles. The summed E-state index contributed by atoms with van der Waals surface area (Å²) in [7, 11) is 13.0. The van der Waals surface area contributed by atoms with Crippen LogP contribution in [-0.4, -0.2) is 5.54 Å². The number of unbranched alkanes of at least 4 members (excludes halogenated alkanes) is 11. The Bertz CT molecular complexity index is 275. The third-order valence-corrected chi connectivity index (χ3v) is 4.82. The molecule has 0 aliphatic rings. The molecule has 0 radical (unpaired) electrons.